The largest absolute Gasteiger partial charge is 1.00 e. The van der Waals surface area contributed by atoms with Crippen LogP contribution < -0.4 is 24.0 Å². The Morgan fingerprint density at radius 1 is 1.14 bits per heavy atom. The predicted molar refractivity (Wildman–Crippen MR) is 84.1 cm³/mol. The zero-order valence-corrected chi connectivity index (χ0v) is 15.9. The van der Waals surface area contributed by atoms with Crippen LogP contribution in [0.15, 0.2) is 30.3 Å². The highest BCUT2D eigenvalue weighted by molar-refractivity contribution is 5.19. The molecule has 1 aromatic carbocycles. The molecule has 0 radical (unpaired) electrons. The minimum absolute atomic E-state index is 0. The van der Waals surface area contributed by atoms with E-state index in [2.05, 4.69) is 44.3 Å². The maximum absolute atomic E-state index is 6.21. The Bertz CT molecular complexity index is 448. The van der Waals surface area contributed by atoms with Crippen molar-refractivity contribution >= 4 is 0 Å². The van der Waals surface area contributed by atoms with Gasteiger partial charge in [0.2, 0.25) is 0 Å². The molecular weight excluding hydrogens is 389 g/mol. The molecule has 3 unspecified atom stereocenters. The molecule has 0 bridgehead atoms. The smallest absolute Gasteiger partial charge is 0.165 e. The van der Waals surface area contributed by atoms with Crippen LogP contribution in [-0.2, 0) is 9.47 Å². The zero-order valence-electron chi connectivity index (χ0n) is 13.7. The lowest BCUT2D eigenvalue weighted by atomic mass is 10.0. The summed E-state index contributed by atoms with van der Waals surface area (Å²) in [6.07, 6.45) is 4.27. The van der Waals surface area contributed by atoms with Crippen molar-refractivity contribution in [3.8, 4) is 0 Å². The number of hydrogen-bond donors (Lipinski definition) is 0. The van der Waals surface area contributed by atoms with Crippen molar-refractivity contribution in [3.05, 3.63) is 35.9 Å². The fourth-order valence-electron chi connectivity index (χ4n) is 3.69. The van der Waals surface area contributed by atoms with Crippen LogP contribution in [0, 0.1) is 0 Å². The lowest BCUT2D eigenvalue weighted by molar-refractivity contribution is -0.916. The lowest BCUT2D eigenvalue weighted by Crippen LogP contribution is -3.00. The summed E-state index contributed by atoms with van der Waals surface area (Å²) >= 11 is 0. The molecule has 1 aromatic rings. The van der Waals surface area contributed by atoms with E-state index in [4.69, 9.17) is 9.47 Å². The van der Waals surface area contributed by atoms with Gasteiger partial charge in [-0.25, -0.2) is 0 Å². The van der Waals surface area contributed by atoms with E-state index in [-0.39, 0.29) is 36.4 Å². The summed E-state index contributed by atoms with van der Waals surface area (Å²) in [5.74, 6) is 0.294. The fourth-order valence-corrected chi connectivity index (χ4v) is 3.69. The number of nitrogens with zero attached hydrogens (tertiary/aromatic N) is 1. The molecule has 2 fully saturated rings. The van der Waals surface area contributed by atoms with Crippen LogP contribution >= 0.6 is 0 Å². The number of likely N-dealkylation sites (tertiary alicyclic amines) is 1. The van der Waals surface area contributed by atoms with Crippen LogP contribution in [0.4, 0.5) is 0 Å². The maximum Gasteiger partial charge on any atom is 0.165 e. The summed E-state index contributed by atoms with van der Waals surface area (Å²) in [5.41, 5.74) is 1.29. The second kappa shape index (κ2) is 8.08. The Hall–Kier alpha value is -0.170. The van der Waals surface area contributed by atoms with E-state index < -0.39 is 0 Å². The van der Waals surface area contributed by atoms with E-state index in [1.807, 2.05) is 0 Å². The van der Waals surface area contributed by atoms with Gasteiger partial charge in [-0.15, -0.1) is 0 Å². The molecule has 0 aromatic heterocycles. The molecule has 3 nitrogen and oxygen atoms in total. The second-order valence-electron chi connectivity index (χ2n) is 6.97. The van der Waals surface area contributed by atoms with Gasteiger partial charge in [-0.1, -0.05) is 37.3 Å². The highest BCUT2D eigenvalue weighted by atomic mass is 127. The SMILES string of the molecule is CC(c1ccccc1)C1OCC(C[N+]2(C)CCCCC2)O1.[I-]. The second-order valence-corrected chi connectivity index (χ2v) is 6.97. The van der Waals surface area contributed by atoms with Crippen LogP contribution in [0.5, 0.6) is 0 Å². The summed E-state index contributed by atoms with van der Waals surface area (Å²) in [5, 5.41) is 0. The van der Waals surface area contributed by atoms with Gasteiger partial charge in [0, 0.05) is 5.92 Å². The van der Waals surface area contributed by atoms with Crippen molar-refractivity contribution in [3.63, 3.8) is 0 Å². The van der Waals surface area contributed by atoms with Crippen molar-refractivity contribution < 1.29 is 37.9 Å². The third kappa shape index (κ3) is 4.43. The molecular formula is C18H28INO2. The predicted octanol–water partition coefficient (Wildman–Crippen LogP) is 0.166. The highest BCUT2D eigenvalue weighted by Crippen LogP contribution is 2.28. The lowest BCUT2D eigenvalue weighted by Gasteiger charge is -2.39. The topological polar surface area (TPSA) is 18.5 Å². The first-order chi connectivity index (χ1) is 10.2. The first-order valence-corrected chi connectivity index (χ1v) is 8.32. The van der Waals surface area contributed by atoms with Crippen LogP contribution in [-0.4, -0.2) is 50.2 Å². The molecule has 2 aliphatic rings. The summed E-state index contributed by atoms with van der Waals surface area (Å²) in [6, 6.07) is 10.5. The molecule has 22 heavy (non-hydrogen) atoms. The average molecular weight is 417 g/mol. The number of hydrogen-bond acceptors (Lipinski definition) is 2. The minimum atomic E-state index is -0.0891. The van der Waals surface area contributed by atoms with Gasteiger partial charge in [0.05, 0.1) is 26.7 Å². The van der Waals surface area contributed by atoms with Gasteiger partial charge in [0.1, 0.15) is 12.6 Å². The number of quaternary nitrogens is 1. The molecule has 0 N–H and O–H groups in total. The third-order valence-electron chi connectivity index (χ3n) is 5.05. The number of benzene rings is 1. The Labute approximate surface area is 151 Å². The van der Waals surface area contributed by atoms with Crippen molar-refractivity contribution in [2.24, 2.45) is 0 Å². The van der Waals surface area contributed by atoms with Crippen LogP contribution in [0.2, 0.25) is 0 Å². The number of likely N-dealkylation sites (N-methyl/N-ethyl adjacent to an activating group) is 1. The number of halogens is 1. The number of ether oxygens (including phenoxy) is 2. The van der Waals surface area contributed by atoms with Gasteiger partial charge in [-0.3, -0.25) is 0 Å². The first kappa shape index (κ1) is 18.2. The summed E-state index contributed by atoms with van der Waals surface area (Å²) in [6.45, 7) is 6.62. The average Bonchev–Trinajstić information content (AvgIpc) is 2.96. The standard InChI is InChI=1S/C18H28NO2.HI/c1-15(16-9-5-3-6-10-16)18-20-14-17(21-18)13-19(2)11-7-4-8-12-19;/h3,5-6,9-10,15,17-18H,4,7-8,11-14H2,1-2H3;1H/q+1;/p-1. The number of rotatable bonds is 4. The molecule has 0 saturated carbocycles. The zero-order chi connectivity index (χ0) is 14.7. The van der Waals surface area contributed by atoms with Crippen molar-refractivity contribution in [2.75, 3.05) is 33.3 Å². The summed E-state index contributed by atoms with van der Waals surface area (Å²) in [4.78, 5) is 0. The summed E-state index contributed by atoms with van der Waals surface area (Å²) < 4.78 is 13.3. The monoisotopic (exact) mass is 417 g/mol. The minimum Gasteiger partial charge on any atom is -1.00 e. The Morgan fingerprint density at radius 3 is 2.50 bits per heavy atom. The van der Waals surface area contributed by atoms with Crippen LogP contribution in [0.1, 0.15) is 37.7 Å². The normalized spacial score (nSPS) is 28.8. The van der Waals surface area contributed by atoms with Crippen molar-refractivity contribution in [2.45, 2.75) is 44.5 Å². The molecule has 0 spiro atoms. The third-order valence-corrected chi connectivity index (χ3v) is 5.05. The maximum atomic E-state index is 6.21. The van der Waals surface area contributed by atoms with Crippen LogP contribution in [0.25, 0.3) is 0 Å². The van der Waals surface area contributed by atoms with Gasteiger partial charge in [-0.2, -0.15) is 0 Å². The van der Waals surface area contributed by atoms with E-state index in [9.17, 15) is 0 Å². The highest BCUT2D eigenvalue weighted by Gasteiger charge is 2.36. The Kier molecular flexibility index (Phi) is 6.68. The van der Waals surface area contributed by atoms with E-state index in [1.54, 1.807) is 0 Å². The van der Waals surface area contributed by atoms with Gasteiger partial charge in [-0.05, 0) is 24.8 Å². The number of piperidine rings is 1. The van der Waals surface area contributed by atoms with E-state index in [0.29, 0.717) is 5.92 Å². The molecule has 2 aliphatic heterocycles. The van der Waals surface area contributed by atoms with Gasteiger partial charge < -0.3 is 37.9 Å². The molecule has 3 atom stereocenters. The van der Waals surface area contributed by atoms with E-state index >= 15 is 0 Å². The molecule has 4 heteroatoms. The molecule has 2 heterocycles. The van der Waals surface area contributed by atoms with E-state index in [0.717, 1.165) is 17.6 Å². The van der Waals surface area contributed by atoms with Gasteiger partial charge in [0.15, 0.2) is 6.29 Å². The van der Waals surface area contributed by atoms with Crippen molar-refractivity contribution in [1.29, 1.82) is 0 Å². The molecule has 0 aliphatic carbocycles. The molecule has 0 amide bonds. The van der Waals surface area contributed by atoms with Crippen LogP contribution in [0.3, 0.4) is 0 Å². The van der Waals surface area contributed by atoms with Gasteiger partial charge >= 0.3 is 0 Å². The Morgan fingerprint density at radius 2 is 1.82 bits per heavy atom. The van der Waals surface area contributed by atoms with Gasteiger partial charge in [0.25, 0.3) is 0 Å². The fraction of sp³-hybridized carbons (Fsp3) is 0.667. The molecule has 3 rings (SSSR count). The molecule has 124 valence electrons. The van der Waals surface area contributed by atoms with Crippen molar-refractivity contribution in [1.82, 2.24) is 0 Å². The quantitative estimate of drug-likeness (QED) is 0.514. The molecule has 2 saturated heterocycles. The van der Waals surface area contributed by atoms with E-state index in [1.165, 1.54) is 37.9 Å². The first-order valence-electron chi connectivity index (χ1n) is 8.32. The Balaban J connectivity index is 0.00000176. The summed E-state index contributed by atoms with van der Waals surface area (Å²) in [7, 11) is 2.37.